The molecule has 0 bridgehead atoms. The number of nitrogens with zero attached hydrogens (tertiary/aromatic N) is 2. The van der Waals surface area contributed by atoms with Crippen molar-refractivity contribution < 1.29 is 17.9 Å². The minimum atomic E-state index is -2.97. The van der Waals surface area contributed by atoms with Gasteiger partial charge < -0.3 is 9.64 Å². The molecule has 6 nitrogen and oxygen atoms in total. The van der Waals surface area contributed by atoms with Crippen LogP contribution in [-0.4, -0.2) is 60.8 Å². The number of hydrogen-bond donors (Lipinski definition) is 0. The minimum absolute atomic E-state index is 0.0116. The molecule has 0 saturated carbocycles. The van der Waals surface area contributed by atoms with Crippen LogP contribution in [0.15, 0.2) is 29.3 Å². The molecule has 2 saturated heterocycles. The Hall–Kier alpha value is -1.54. The number of carbonyl (C=O) groups excluding carboxylic acids is 1. The summed E-state index contributed by atoms with van der Waals surface area (Å²) >= 11 is 1.42. The van der Waals surface area contributed by atoms with Gasteiger partial charge in [-0.3, -0.25) is 4.79 Å². The van der Waals surface area contributed by atoms with Crippen molar-refractivity contribution in [3.05, 3.63) is 29.8 Å². The summed E-state index contributed by atoms with van der Waals surface area (Å²) in [5.41, 5.74) is 0.874. The summed E-state index contributed by atoms with van der Waals surface area (Å²) in [6, 6.07) is 7.26. The van der Waals surface area contributed by atoms with E-state index in [9.17, 15) is 13.2 Å². The van der Waals surface area contributed by atoms with E-state index in [1.807, 2.05) is 36.1 Å². The van der Waals surface area contributed by atoms with Gasteiger partial charge in [0.2, 0.25) is 0 Å². The van der Waals surface area contributed by atoms with Crippen molar-refractivity contribution in [1.82, 2.24) is 4.90 Å². The lowest BCUT2D eigenvalue weighted by molar-refractivity contribution is -0.117. The lowest BCUT2D eigenvalue weighted by Crippen LogP contribution is -2.37. The molecule has 24 heavy (non-hydrogen) atoms. The number of sulfone groups is 1. The predicted octanol–water partition coefficient (Wildman–Crippen LogP) is 1.35. The Morgan fingerprint density at radius 2 is 2.04 bits per heavy atom. The second-order valence-corrected chi connectivity index (χ2v) is 9.26. The van der Waals surface area contributed by atoms with Crippen LogP contribution >= 0.6 is 11.8 Å². The zero-order valence-electron chi connectivity index (χ0n) is 13.6. The van der Waals surface area contributed by atoms with Gasteiger partial charge in [-0.15, -0.1) is 0 Å². The van der Waals surface area contributed by atoms with Gasteiger partial charge in [0.15, 0.2) is 15.0 Å². The van der Waals surface area contributed by atoms with Crippen LogP contribution in [0, 0.1) is 0 Å². The Kier molecular flexibility index (Phi) is 4.87. The summed E-state index contributed by atoms with van der Waals surface area (Å²) in [6.07, 6.45) is 0.221. The smallest absolute Gasteiger partial charge is 0.252 e. The highest BCUT2D eigenvalue weighted by molar-refractivity contribution is 8.15. The molecular weight excluding hydrogens is 348 g/mol. The van der Waals surface area contributed by atoms with E-state index in [-0.39, 0.29) is 35.1 Å². The number of fused-ring (bicyclic) bond motifs is 1. The van der Waals surface area contributed by atoms with E-state index in [4.69, 9.17) is 4.74 Å². The minimum Gasteiger partial charge on any atom is -0.497 e. The first-order valence-electron chi connectivity index (χ1n) is 7.80. The summed E-state index contributed by atoms with van der Waals surface area (Å²) in [5.74, 6) is 0.855. The quantitative estimate of drug-likeness (QED) is 0.799. The number of hydrogen-bond acceptors (Lipinski definition) is 5. The number of carbonyl (C=O) groups is 1. The van der Waals surface area contributed by atoms with E-state index in [2.05, 4.69) is 4.99 Å². The fourth-order valence-corrected chi connectivity index (χ4v) is 7.10. The Morgan fingerprint density at radius 1 is 1.33 bits per heavy atom. The number of benzene rings is 1. The number of rotatable bonds is 4. The first kappa shape index (κ1) is 17.3. The van der Waals surface area contributed by atoms with E-state index in [0.29, 0.717) is 11.7 Å². The van der Waals surface area contributed by atoms with Crippen LogP contribution in [0.1, 0.15) is 12.5 Å². The molecule has 2 aliphatic heterocycles. The van der Waals surface area contributed by atoms with Gasteiger partial charge in [0.1, 0.15) is 5.75 Å². The number of ether oxygens (including phenoxy) is 1. The second-order valence-electron chi connectivity index (χ2n) is 5.90. The highest BCUT2D eigenvalue weighted by Gasteiger charge is 2.48. The van der Waals surface area contributed by atoms with Crippen molar-refractivity contribution in [2.24, 2.45) is 4.99 Å². The van der Waals surface area contributed by atoms with Crippen molar-refractivity contribution >= 4 is 32.7 Å². The molecule has 2 heterocycles. The molecule has 130 valence electrons. The molecule has 8 heteroatoms. The van der Waals surface area contributed by atoms with Crippen molar-refractivity contribution in [3.8, 4) is 5.75 Å². The van der Waals surface area contributed by atoms with Gasteiger partial charge in [0.25, 0.3) is 5.91 Å². The predicted molar refractivity (Wildman–Crippen MR) is 95.3 cm³/mol. The van der Waals surface area contributed by atoms with Gasteiger partial charge in [0, 0.05) is 11.8 Å². The number of amidine groups is 1. The van der Waals surface area contributed by atoms with Crippen molar-refractivity contribution in [2.75, 3.05) is 25.2 Å². The summed E-state index contributed by atoms with van der Waals surface area (Å²) in [6.45, 7) is 2.61. The zero-order chi connectivity index (χ0) is 17.3. The number of thioether (sulfide) groups is 1. The Balaban J connectivity index is 1.70. The fourth-order valence-electron chi connectivity index (χ4n) is 3.07. The van der Waals surface area contributed by atoms with E-state index >= 15 is 0 Å². The highest BCUT2D eigenvalue weighted by Crippen LogP contribution is 2.37. The normalized spacial score (nSPS) is 26.6. The maximum atomic E-state index is 12.3. The molecule has 1 aromatic carbocycles. The molecule has 0 N–H and O–H groups in total. The molecule has 0 radical (unpaired) electrons. The number of methoxy groups -OCH3 is 1. The molecule has 1 amide bonds. The lowest BCUT2D eigenvalue weighted by Gasteiger charge is -2.22. The topological polar surface area (TPSA) is 76.0 Å². The first-order chi connectivity index (χ1) is 11.4. The van der Waals surface area contributed by atoms with E-state index in [1.54, 1.807) is 7.11 Å². The summed E-state index contributed by atoms with van der Waals surface area (Å²) < 4.78 is 28.6. The Bertz CT molecular complexity index is 759. The molecule has 2 fully saturated rings. The summed E-state index contributed by atoms with van der Waals surface area (Å²) in [4.78, 5) is 18.4. The molecule has 0 unspecified atom stereocenters. The molecular formula is C16H20N2O4S2. The zero-order valence-corrected chi connectivity index (χ0v) is 15.3. The maximum Gasteiger partial charge on any atom is 0.252 e. The van der Waals surface area contributed by atoms with Crippen LogP contribution < -0.4 is 4.74 Å². The van der Waals surface area contributed by atoms with Gasteiger partial charge >= 0.3 is 0 Å². The van der Waals surface area contributed by atoms with E-state index < -0.39 is 9.84 Å². The average molecular weight is 368 g/mol. The Morgan fingerprint density at radius 3 is 2.67 bits per heavy atom. The van der Waals surface area contributed by atoms with Crippen LogP contribution in [-0.2, 0) is 21.1 Å². The summed E-state index contributed by atoms with van der Waals surface area (Å²) in [5, 5.41) is 0.642. The molecule has 3 rings (SSSR count). The largest absolute Gasteiger partial charge is 0.497 e. The number of aliphatic imine (C=N–C) groups is 1. The SMILES string of the molecule is CCN1C(=NC(=O)Cc2ccc(OC)cc2)S[C@H]2CS(=O)(=O)C[C@H]21. The molecule has 0 aliphatic carbocycles. The van der Waals surface area contributed by atoms with E-state index in [0.717, 1.165) is 11.3 Å². The van der Waals surface area contributed by atoms with Gasteiger partial charge in [-0.1, -0.05) is 23.9 Å². The van der Waals surface area contributed by atoms with Gasteiger partial charge in [0.05, 0.1) is 31.1 Å². The van der Waals surface area contributed by atoms with Crippen molar-refractivity contribution in [2.45, 2.75) is 24.6 Å². The van der Waals surface area contributed by atoms with Crippen LogP contribution in [0.5, 0.6) is 5.75 Å². The van der Waals surface area contributed by atoms with Crippen molar-refractivity contribution in [3.63, 3.8) is 0 Å². The van der Waals surface area contributed by atoms with Crippen LogP contribution in [0.3, 0.4) is 0 Å². The summed E-state index contributed by atoms with van der Waals surface area (Å²) in [7, 11) is -1.37. The van der Waals surface area contributed by atoms with Crippen LogP contribution in [0.25, 0.3) is 0 Å². The third-order valence-electron chi connectivity index (χ3n) is 4.25. The standard InChI is InChI=1S/C16H20N2O4S2/c1-3-18-13-9-24(20,21)10-14(13)23-16(18)17-15(19)8-11-4-6-12(22-2)7-5-11/h4-7,13-14H,3,8-10H2,1-2H3/t13-,14+/m1/s1. The van der Waals surface area contributed by atoms with Crippen molar-refractivity contribution in [1.29, 1.82) is 0 Å². The average Bonchev–Trinajstić information content (AvgIpc) is 2.98. The van der Waals surface area contributed by atoms with Crippen LogP contribution in [0.2, 0.25) is 0 Å². The third kappa shape index (κ3) is 3.59. The second kappa shape index (κ2) is 6.76. The third-order valence-corrected chi connectivity index (χ3v) is 7.50. The molecule has 1 aromatic rings. The molecule has 0 spiro atoms. The van der Waals surface area contributed by atoms with Crippen LogP contribution in [0.4, 0.5) is 0 Å². The molecule has 0 aromatic heterocycles. The Labute approximate surface area is 146 Å². The van der Waals surface area contributed by atoms with Gasteiger partial charge in [-0.25, -0.2) is 8.42 Å². The molecule has 2 aliphatic rings. The van der Waals surface area contributed by atoms with E-state index in [1.165, 1.54) is 11.8 Å². The maximum absolute atomic E-state index is 12.3. The first-order valence-corrected chi connectivity index (χ1v) is 10.5. The van der Waals surface area contributed by atoms with Gasteiger partial charge in [-0.2, -0.15) is 4.99 Å². The van der Waals surface area contributed by atoms with Gasteiger partial charge in [-0.05, 0) is 24.6 Å². The number of amides is 1. The fraction of sp³-hybridized carbons (Fsp3) is 0.500. The molecule has 2 atom stereocenters. The highest BCUT2D eigenvalue weighted by atomic mass is 32.2. The lowest BCUT2D eigenvalue weighted by atomic mass is 10.1. The monoisotopic (exact) mass is 368 g/mol.